The lowest BCUT2D eigenvalue weighted by molar-refractivity contribution is 0.0512. The van der Waals surface area contributed by atoms with Crippen molar-refractivity contribution in [1.29, 1.82) is 0 Å². The Morgan fingerprint density at radius 1 is 1.00 bits per heavy atom. The SMILES string of the molecule is CC(C)(C)OC(=O)NC(c1ccc(Br)cc1)c1cn([Si](C)(C)C(C)(C)C)c2ccccc12. The maximum atomic E-state index is 12.8. The number of hydrogen-bond acceptors (Lipinski definition) is 2. The summed E-state index contributed by atoms with van der Waals surface area (Å²) in [6.45, 7) is 17.4. The first-order valence-electron chi connectivity index (χ1n) is 11.1. The second-order valence-electron chi connectivity index (χ2n) is 10.9. The van der Waals surface area contributed by atoms with Gasteiger partial charge >= 0.3 is 6.09 Å². The summed E-state index contributed by atoms with van der Waals surface area (Å²) in [7, 11) is -1.89. The molecule has 0 saturated carbocycles. The van der Waals surface area contributed by atoms with Crippen LogP contribution >= 0.6 is 15.9 Å². The predicted octanol–water partition coefficient (Wildman–Crippen LogP) is 7.87. The van der Waals surface area contributed by atoms with Crippen molar-refractivity contribution in [3.63, 3.8) is 0 Å². The number of rotatable bonds is 4. The summed E-state index contributed by atoms with van der Waals surface area (Å²) < 4.78 is 9.11. The van der Waals surface area contributed by atoms with E-state index in [0.29, 0.717) is 0 Å². The molecule has 6 heteroatoms. The zero-order chi connectivity index (χ0) is 23.9. The van der Waals surface area contributed by atoms with Crippen LogP contribution in [0.15, 0.2) is 59.2 Å². The zero-order valence-electron chi connectivity index (χ0n) is 20.4. The second-order valence-corrected chi connectivity index (χ2v) is 16.9. The van der Waals surface area contributed by atoms with Gasteiger partial charge in [0.1, 0.15) is 5.60 Å². The number of carbonyl (C=O) groups excluding carboxylic acids is 1. The lowest BCUT2D eigenvalue weighted by Crippen LogP contribution is -2.45. The molecule has 0 bridgehead atoms. The molecule has 0 aliphatic carbocycles. The highest BCUT2D eigenvalue weighted by Gasteiger charge is 2.39. The van der Waals surface area contributed by atoms with E-state index < -0.39 is 19.9 Å². The Balaban J connectivity index is 2.19. The number of hydrogen-bond donors (Lipinski definition) is 1. The zero-order valence-corrected chi connectivity index (χ0v) is 23.0. The highest BCUT2D eigenvalue weighted by atomic mass is 79.9. The monoisotopic (exact) mass is 514 g/mol. The van der Waals surface area contributed by atoms with Gasteiger partial charge in [0.2, 0.25) is 0 Å². The van der Waals surface area contributed by atoms with Crippen molar-refractivity contribution < 1.29 is 9.53 Å². The number of carbonyl (C=O) groups is 1. The number of nitrogens with zero attached hydrogens (tertiary/aromatic N) is 1. The van der Waals surface area contributed by atoms with Crippen molar-refractivity contribution in [1.82, 2.24) is 9.55 Å². The molecule has 2 aromatic carbocycles. The lowest BCUT2D eigenvalue weighted by Gasteiger charge is -2.38. The van der Waals surface area contributed by atoms with Gasteiger partial charge in [0.15, 0.2) is 8.24 Å². The van der Waals surface area contributed by atoms with Crippen molar-refractivity contribution in [2.45, 2.75) is 71.3 Å². The second kappa shape index (κ2) is 8.71. The normalized spacial score (nSPS) is 13.8. The molecule has 1 N–H and O–H groups in total. The minimum atomic E-state index is -1.89. The summed E-state index contributed by atoms with van der Waals surface area (Å²) >= 11 is 3.52. The Morgan fingerprint density at radius 2 is 1.59 bits per heavy atom. The van der Waals surface area contributed by atoms with Gasteiger partial charge in [-0.05, 0) is 49.6 Å². The number of ether oxygens (including phenoxy) is 1. The summed E-state index contributed by atoms with van der Waals surface area (Å²) in [6, 6.07) is 16.3. The minimum absolute atomic E-state index is 0.164. The number of halogens is 1. The van der Waals surface area contributed by atoms with Gasteiger partial charge in [-0.1, -0.05) is 80.1 Å². The topological polar surface area (TPSA) is 43.3 Å². The fourth-order valence-electron chi connectivity index (χ4n) is 3.68. The van der Waals surface area contributed by atoms with Crippen LogP contribution in [0.4, 0.5) is 4.79 Å². The Kier molecular flexibility index (Phi) is 6.69. The summed E-state index contributed by atoms with van der Waals surface area (Å²) in [6.07, 6.45) is 1.83. The number of fused-ring (bicyclic) bond motifs is 1. The van der Waals surface area contributed by atoms with Crippen LogP contribution in [0, 0.1) is 0 Å². The largest absolute Gasteiger partial charge is 0.444 e. The van der Waals surface area contributed by atoms with Crippen molar-refractivity contribution in [3.8, 4) is 0 Å². The van der Waals surface area contributed by atoms with Gasteiger partial charge < -0.3 is 14.3 Å². The molecule has 1 atom stereocenters. The molecule has 172 valence electrons. The number of para-hydroxylation sites is 1. The van der Waals surface area contributed by atoms with Crippen molar-refractivity contribution in [3.05, 3.63) is 70.3 Å². The van der Waals surface area contributed by atoms with Gasteiger partial charge in [-0.3, -0.25) is 0 Å². The van der Waals surface area contributed by atoms with Crippen LogP contribution in [-0.2, 0) is 4.74 Å². The highest BCUT2D eigenvalue weighted by Crippen LogP contribution is 2.41. The third-order valence-electron chi connectivity index (χ3n) is 6.36. The van der Waals surface area contributed by atoms with E-state index in [2.05, 4.69) is 89.8 Å². The van der Waals surface area contributed by atoms with Crippen LogP contribution in [0.3, 0.4) is 0 Å². The third-order valence-corrected chi connectivity index (χ3v) is 12.1. The third kappa shape index (κ3) is 5.12. The molecule has 1 heterocycles. The molecule has 3 rings (SSSR count). The Hall–Kier alpha value is -2.05. The number of nitrogens with one attached hydrogen (secondary N) is 1. The maximum absolute atomic E-state index is 12.8. The van der Waals surface area contributed by atoms with E-state index in [1.807, 2.05) is 45.0 Å². The van der Waals surface area contributed by atoms with E-state index in [1.54, 1.807) is 0 Å². The molecule has 1 unspecified atom stereocenters. The fraction of sp³-hybridized carbons (Fsp3) is 0.423. The minimum Gasteiger partial charge on any atom is -0.444 e. The smallest absolute Gasteiger partial charge is 0.408 e. The van der Waals surface area contributed by atoms with Crippen molar-refractivity contribution in [2.24, 2.45) is 0 Å². The summed E-state index contributed by atoms with van der Waals surface area (Å²) in [5.41, 5.74) is 2.74. The van der Waals surface area contributed by atoms with E-state index in [0.717, 1.165) is 21.0 Å². The molecule has 1 amide bonds. The van der Waals surface area contributed by atoms with Crippen molar-refractivity contribution in [2.75, 3.05) is 0 Å². The van der Waals surface area contributed by atoms with Gasteiger partial charge in [-0.2, -0.15) is 0 Å². The number of amides is 1. The molecule has 4 nitrogen and oxygen atoms in total. The number of aromatic nitrogens is 1. The van der Waals surface area contributed by atoms with E-state index >= 15 is 0 Å². The first kappa shape index (κ1) is 24.6. The van der Waals surface area contributed by atoms with E-state index in [1.165, 1.54) is 5.52 Å². The Morgan fingerprint density at radius 3 is 2.16 bits per heavy atom. The van der Waals surface area contributed by atoms with Gasteiger partial charge in [0.25, 0.3) is 0 Å². The fourth-order valence-corrected chi connectivity index (χ4v) is 5.93. The first-order chi connectivity index (χ1) is 14.7. The van der Waals surface area contributed by atoms with Crippen LogP contribution in [-0.4, -0.2) is 24.2 Å². The molecule has 0 spiro atoms. The first-order valence-corrected chi connectivity index (χ1v) is 14.8. The van der Waals surface area contributed by atoms with Crippen LogP contribution in [0.25, 0.3) is 10.9 Å². The van der Waals surface area contributed by atoms with Gasteiger partial charge in [-0.15, -0.1) is 0 Å². The summed E-state index contributed by atoms with van der Waals surface area (Å²) in [4.78, 5) is 12.8. The van der Waals surface area contributed by atoms with Crippen molar-refractivity contribution >= 4 is 41.2 Å². The number of benzene rings is 2. The van der Waals surface area contributed by atoms with Crippen LogP contribution in [0.5, 0.6) is 0 Å². The molecule has 0 fully saturated rings. The van der Waals surface area contributed by atoms with E-state index in [4.69, 9.17) is 4.74 Å². The van der Waals surface area contributed by atoms with Gasteiger partial charge in [0.05, 0.1) is 6.04 Å². The standard InChI is InChI=1S/C26H35BrN2O2Si/c1-25(2,3)31-24(30)28-23(18-13-15-19(27)16-14-18)21-17-29(32(7,8)26(4,5)6)22-12-10-9-11-20(21)22/h9-17,23H,1-8H3,(H,28,30). The Bertz CT molecular complexity index is 1110. The van der Waals surface area contributed by atoms with E-state index in [-0.39, 0.29) is 11.1 Å². The summed E-state index contributed by atoms with van der Waals surface area (Å²) in [5, 5.41) is 4.47. The van der Waals surface area contributed by atoms with Crippen LogP contribution in [0.2, 0.25) is 18.1 Å². The average molecular weight is 516 g/mol. The lowest BCUT2D eigenvalue weighted by atomic mass is 9.98. The molecular formula is C26H35BrN2O2Si. The molecule has 0 saturated heterocycles. The Labute approximate surface area is 201 Å². The van der Waals surface area contributed by atoms with Crippen LogP contribution in [0.1, 0.15) is 58.7 Å². The molecular weight excluding hydrogens is 480 g/mol. The van der Waals surface area contributed by atoms with Gasteiger partial charge in [0, 0.05) is 27.1 Å². The summed E-state index contributed by atoms with van der Waals surface area (Å²) in [5.74, 6) is 0. The molecule has 0 aliphatic heterocycles. The molecule has 1 aromatic heterocycles. The van der Waals surface area contributed by atoms with Gasteiger partial charge in [-0.25, -0.2) is 4.79 Å². The maximum Gasteiger partial charge on any atom is 0.408 e. The molecule has 0 aliphatic rings. The average Bonchev–Trinajstić information content (AvgIpc) is 3.05. The van der Waals surface area contributed by atoms with Crippen LogP contribution < -0.4 is 5.32 Å². The molecule has 32 heavy (non-hydrogen) atoms. The molecule has 0 radical (unpaired) electrons. The molecule has 3 aromatic rings. The highest BCUT2D eigenvalue weighted by molar-refractivity contribution is 9.10. The quantitative estimate of drug-likeness (QED) is 0.359. The number of alkyl carbamates (subject to hydrolysis) is 1. The van der Waals surface area contributed by atoms with E-state index in [9.17, 15) is 4.79 Å². The predicted molar refractivity (Wildman–Crippen MR) is 140 cm³/mol.